The minimum absolute atomic E-state index is 0. The molecule has 1 radical (unpaired) electrons. The fourth-order valence-corrected chi connectivity index (χ4v) is 1.49. The summed E-state index contributed by atoms with van der Waals surface area (Å²) in [6.45, 7) is 19.7. The summed E-state index contributed by atoms with van der Waals surface area (Å²) in [5.74, 6) is -2.61. The van der Waals surface area contributed by atoms with E-state index in [1.165, 1.54) is 20.8 Å². The summed E-state index contributed by atoms with van der Waals surface area (Å²) in [5.41, 5.74) is -1.57. The van der Waals surface area contributed by atoms with Crippen LogP contribution in [0.4, 0.5) is 0 Å². The molecule has 10 heteroatoms. The summed E-state index contributed by atoms with van der Waals surface area (Å²) in [5, 5.41) is 31.2. The molecule has 34 heavy (non-hydrogen) atoms. The number of allylic oxidation sites excluding steroid dienone is 3. The van der Waals surface area contributed by atoms with Crippen molar-refractivity contribution in [3.05, 3.63) is 35.5 Å². The first-order valence-corrected chi connectivity index (χ1v) is 10.2. The van der Waals surface area contributed by atoms with Crippen LogP contribution in [0.25, 0.3) is 0 Å². The van der Waals surface area contributed by atoms with Gasteiger partial charge in [-0.05, 0) is 62.3 Å². The van der Waals surface area contributed by atoms with E-state index < -0.39 is 34.7 Å². The molecule has 0 aliphatic rings. The van der Waals surface area contributed by atoms with Crippen molar-refractivity contribution in [1.29, 1.82) is 0 Å². The van der Waals surface area contributed by atoms with Gasteiger partial charge in [0.05, 0.1) is 0 Å². The number of carbonyl (C=O) groups is 3. The Labute approximate surface area is 214 Å². The maximum atomic E-state index is 10.8. The number of hydrogen-bond donors (Lipinski definition) is 0. The molecule has 0 rings (SSSR count). The zero-order valence-electron chi connectivity index (χ0n) is 22.3. The van der Waals surface area contributed by atoms with Crippen molar-refractivity contribution in [2.24, 2.45) is 0 Å². The van der Waals surface area contributed by atoms with Crippen LogP contribution in [-0.2, 0) is 45.7 Å². The Balaban J connectivity index is -0.000000196. The number of carbonyl (C=O) groups excluding carboxylic acids is 3. The third-order valence-electron chi connectivity index (χ3n) is 2.18. The quantitative estimate of drug-likeness (QED) is 0.176. The fraction of sp³-hybridized carbons (Fsp3) is 0.625. The third kappa shape index (κ3) is 40.0. The predicted octanol–water partition coefficient (Wildman–Crippen LogP) is 1.77. The molecule has 0 aliphatic heterocycles. The van der Waals surface area contributed by atoms with Crippen LogP contribution in [0.5, 0.6) is 0 Å². The van der Waals surface area contributed by atoms with Crippen molar-refractivity contribution in [3.63, 3.8) is 0 Å². The van der Waals surface area contributed by atoms with Crippen LogP contribution in [0.2, 0.25) is 0 Å². The molecule has 0 N–H and O–H groups in total. The Morgan fingerprint density at radius 3 is 0.735 bits per heavy atom. The monoisotopic (exact) mass is 527 g/mol. The zero-order chi connectivity index (χ0) is 27.2. The predicted molar refractivity (Wildman–Crippen MR) is 119 cm³/mol. The summed E-state index contributed by atoms with van der Waals surface area (Å²) in [7, 11) is 0. The molecule has 0 saturated heterocycles. The normalized spacial score (nSPS) is 12.5. The molecule has 0 bridgehead atoms. The maximum absolute atomic E-state index is 10.8. The van der Waals surface area contributed by atoms with Gasteiger partial charge in [0.1, 0.15) is 16.8 Å². The Hall–Kier alpha value is -2.45. The topological polar surface area (TPSA) is 148 Å². The smallest absolute Gasteiger partial charge is 0.875 e. The summed E-state index contributed by atoms with van der Waals surface area (Å²) >= 11 is 0. The average Bonchev–Trinajstić information content (AvgIpc) is 2.38. The first kappa shape index (κ1) is 38.8. The van der Waals surface area contributed by atoms with Crippen molar-refractivity contribution in [1.82, 2.24) is 0 Å². The van der Waals surface area contributed by atoms with Gasteiger partial charge in [-0.1, -0.05) is 20.8 Å². The molecule has 0 aromatic carbocycles. The second-order valence-electron chi connectivity index (χ2n) is 9.87. The molecule has 0 unspecified atom stereocenters. The molecule has 197 valence electrons. The molecule has 0 saturated carbocycles. The number of ether oxygens (including phenoxy) is 3. The minimum Gasteiger partial charge on any atom is -0.875 e. The molecular formula is C24H39FeO9. The number of esters is 3. The molecule has 9 nitrogen and oxygen atoms in total. The van der Waals surface area contributed by atoms with Gasteiger partial charge in [-0.3, -0.25) is 0 Å². The van der Waals surface area contributed by atoms with E-state index in [4.69, 9.17) is 14.2 Å². The van der Waals surface area contributed by atoms with E-state index in [1.54, 1.807) is 62.3 Å². The van der Waals surface area contributed by atoms with E-state index in [0.717, 1.165) is 18.2 Å². The third-order valence-corrected chi connectivity index (χ3v) is 2.18. The molecule has 0 spiro atoms. The van der Waals surface area contributed by atoms with Crippen molar-refractivity contribution in [2.45, 2.75) is 99.9 Å². The largest absolute Gasteiger partial charge is 3.00 e. The Morgan fingerprint density at radius 1 is 0.500 bits per heavy atom. The van der Waals surface area contributed by atoms with Gasteiger partial charge in [0.2, 0.25) is 0 Å². The van der Waals surface area contributed by atoms with E-state index in [9.17, 15) is 29.7 Å². The van der Waals surface area contributed by atoms with Crippen LogP contribution >= 0.6 is 0 Å². The molecule has 0 atom stereocenters. The number of rotatable bonds is 3. The SMILES string of the molecule is C/C([O-])=C/C(=O)OC(C)(C)C.C/C([O-])=C/C(=O)OC(C)(C)C.C/C([O-])=C/C(=O)OC(C)(C)C.[Fe+3]. The van der Waals surface area contributed by atoms with E-state index >= 15 is 0 Å². The van der Waals surface area contributed by atoms with Gasteiger partial charge in [0.15, 0.2) is 0 Å². The summed E-state index contributed by atoms with van der Waals surface area (Å²) in [6.07, 6.45) is 2.81. The molecule has 0 aromatic heterocycles. The Bertz CT molecular complexity index is 617. The van der Waals surface area contributed by atoms with E-state index in [1.807, 2.05) is 0 Å². The van der Waals surface area contributed by atoms with Gasteiger partial charge < -0.3 is 29.5 Å². The fourth-order valence-electron chi connectivity index (χ4n) is 1.49. The molecule has 0 heterocycles. The summed E-state index contributed by atoms with van der Waals surface area (Å²) < 4.78 is 14.5. The first-order valence-electron chi connectivity index (χ1n) is 10.2. The van der Waals surface area contributed by atoms with E-state index in [0.29, 0.717) is 0 Å². The van der Waals surface area contributed by atoms with Gasteiger partial charge >= 0.3 is 35.0 Å². The van der Waals surface area contributed by atoms with Crippen LogP contribution in [0.15, 0.2) is 35.5 Å². The van der Waals surface area contributed by atoms with Crippen molar-refractivity contribution < 1.29 is 61.0 Å². The van der Waals surface area contributed by atoms with E-state index in [2.05, 4.69) is 0 Å². The second kappa shape index (κ2) is 17.1. The second-order valence-corrected chi connectivity index (χ2v) is 9.87. The standard InChI is InChI=1S/3C8H14O3.Fe/c3*1-6(9)5-7(10)11-8(2,3)4;/h3*5,9H,1-4H3;/q;;;+3/p-3/b3*6-5-;. The van der Waals surface area contributed by atoms with Crippen molar-refractivity contribution in [3.8, 4) is 0 Å². The maximum Gasteiger partial charge on any atom is 3.00 e. The number of hydrogen-bond acceptors (Lipinski definition) is 9. The summed E-state index contributed by atoms with van der Waals surface area (Å²) in [4.78, 5) is 32.3. The van der Waals surface area contributed by atoms with Gasteiger partial charge in [0.25, 0.3) is 0 Å². The summed E-state index contributed by atoms with van der Waals surface area (Å²) in [6, 6.07) is 0. The van der Waals surface area contributed by atoms with Crippen LogP contribution < -0.4 is 15.3 Å². The van der Waals surface area contributed by atoms with Gasteiger partial charge in [-0.25, -0.2) is 14.4 Å². The molecule has 0 aromatic rings. The van der Waals surface area contributed by atoms with Gasteiger partial charge in [-0.2, -0.15) is 0 Å². The van der Waals surface area contributed by atoms with Crippen LogP contribution in [0, 0.1) is 0 Å². The zero-order valence-corrected chi connectivity index (χ0v) is 23.4. The molecule has 0 fully saturated rings. The molecule has 0 amide bonds. The Kier molecular flexibility index (Phi) is 19.5. The minimum atomic E-state index is -0.579. The van der Waals surface area contributed by atoms with Crippen molar-refractivity contribution in [2.75, 3.05) is 0 Å². The average molecular weight is 527 g/mol. The Morgan fingerprint density at radius 2 is 0.647 bits per heavy atom. The van der Waals surface area contributed by atoms with Crippen LogP contribution in [-0.4, -0.2) is 34.7 Å². The van der Waals surface area contributed by atoms with Crippen LogP contribution in [0.3, 0.4) is 0 Å². The van der Waals surface area contributed by atoms with Crippen LogP contribution in [0.1, 0.15) is 83.1 Å². The van der Waals surface area contributed by atoms with Crippen molar-refractivity contribution >= 4 is 17.9 Å². The first-order chi connectivity index (χ1) is 14.4. The molecular weight excluding hydrogens is 488 g/mol. The molecule has 0 aliphatic carbocycles. The van der Waals surface area contributed by atoms with E-state index in [-0.39, 0.29) is 34.3 Å². The van der Waals surface area contributed by atoms with Gasteiger partial charge in [-0.15, -0.1) is 17.3 Å². The van der Waals surface area contributed by atoms with Gasteiger partial charge in [0, 0.05) is 18.2 Å².